The first-order valence-corrected chi connectivity index (χ1v) is 29.3. The van der Waals surface area contributed by atoms with Crippen LogP contribution in [0.25, 0.3) is 0 Å². The van der Waals surface area contributed by atoms with Crippen LogP contribution in [-0.2, 0) is 41.8 Å². The van der Waals surface area contributed by atoms with Crippen molar-refractivity contribution in [3.05, 3.63) is 72.9 Å². The van der Waals surface area contributed by atoms with E-state index in [1.807, 2.05) is 37.3 Å². The molecule has 0 aromatic rings. The Morgan fingerprint density at radius 3 is 1.51 bits per heavy atom. The molecule has 0 saturated carbocycles. The molecule has 0 fully saturated rings. The number of aliphatic hydroxyl groups is 3. The van der Waals surface area contributed by atoms with Crippen molar-refractivity contribution in [2.24, 2.45) is 5.92 Å². The Kier molecular flexibility index (Phi) is 44.6. The van der Waals surface area contributed by atoms with Gasteiger partial charge >= 0.3 is 27.6 Å². The number of phosphoric ester groups is 2. The third kappa shape index (κ3) is 49.1. The first-order chi connectivity index (χ1) is 33.6. The maximum Gasteiger partial charge on any atom is 0.472 e. The fourth-order valence-electron chi connectivity index (χ4n) is 6.94. The second-order valence-corrected chi connectivity index (χ2v) is 20.8. The monoisotopic (exact) mass is 1030 g/mol. The van der Waals surface area contributed by atoms with E-state index in [1.54, 1.807) is 42.5 Å². The van der Waals surface area contributed by atoms with E-state index < -0.39 is 78.4 Å². The van der Waals surface area contributed by atoms with Gasteiger partial charge in [-0.15, -0.1) is 0 Å². The zero-order chi connectivity index (χ0) is 52.0. The van der Waals surface area contributed by atoms with Gasteiger partial charge in [0.1, 0.15) is 12.7 Å². The number of unbranched alkanes of at least 4 members (excludes halogenated alkanes) is 17. The molecule has 17 heteroatoms. The summed E-state index contributed by atoms with van der Waals surface area (Å²) in [6.45, 7) is 3.78. The van der Waals surface area contributed by atoms with Crippen molar-refractivity contribution < 1.29 is 71.8 Å². The molecule has 0 heterocycles. The molecule has 15 nitrogen and oxygen atoms in total. The molecule has 0 radical (unpaired) electrons. The molecule has 0 aliphatic heterocycles. The van der Waals surface area contributed by atoms with Crippen molar-refractivity contribution >= 4 is 27.6 Å². The Bertz CT molecular complexity index is 1560. The minimum atomic E-state index is -4.89. The summed E-state index contributed by atoms with van der Waals surface area (Å²) >= 11 is 0. The molecule has 0 aliphatic carbocycles. The van der Waals surface area contributed by atoms with Crippen molar-refractivity contribution in [3.8, 4) is 0 Å². The van der Waals surface area contributed by atoms with E-state index in [0.29, 0.717) is 32.1 Å². The standard InChI is InChI=1S/C53H94O15P2/c1-4-6-29-37-48(54)39-32-27-28-33-40-49(55)38-31-24-21-22-26-35-42-53(58)68-51(46-67-70(62,63)66-44-50(56)43-65-69(59,60)61)45-64-52(57)41-34-25-20-18-16-14-12-10-8-7-9-11-13-15-17-19-23-30-36-47(3)5-2/h6,22,24,26-29,31-33,39-40,47-51,54-56H,4-5,7-21,23,25,30,34-38,41-46H2,1-3H3,(H,62,63)(H2,59,60,61)/b26-22-,28-27-,29-6-,31-24-,39-32+,40-33+/t47?,48-,49+,50-,51+/m0/s1. The Balaban J connectivity index is 4.57. The average Bonchev–Trinajstić information content (AvgIpc) is 3.32. The van der Waals surface area contributed by atoms with Gasteiger partial charge in [0.2, 0.25) is 0 Å². The van der Waals surface area contributed by atoms with Gasteiger partial charge in [-0.25, -0.2) is 9.13 Å². The summed E-state index contributed by atoms with van der Waals surface area (Å²) < 4.78 is 47.8. The number of allylic oxidation sites excluding steroid dienone is 8. The second kappa shape index (κ2) is 46.3. The number of ether oxygens (including phenoxy) is 2. The highest BCUT2D eigenvalue weighted by atomic mass is 31.2. The lowest BCUT2D eigenvalue weighted by atomic mass is 9.99. The minimum Gasteiger partial charge on any atom is -0.462 e. The lowest BCUT2D eigenvalue weighted by molar-refractivity contribution is -0.161. The largest absolute Gasteiger partial charge is 0.472 e. The predicted molar refractivity (Wildman–Crippen MR) is 279 cm³/mol. The van der Waals surface area contributed by atoms with Crippen molar-refractivity contribution in [1.82, 2.24) is 0 Å². The van der Waals surface area contributed by atoms with Gasteiger partial charge in [-0.3, -0.25) is 23.2 Å². The van der Waals surface area contributed by atoms with E-state index in [4.69, 9.17) is 23.8 Å². The summed E-state index contributed by atoms with van der Waals surface area (Å²) in [6, 6.07) is 0. The topological polar surface area (TPSA) is 236 Å². The first kappa shape index (κ1) is 67.5. The number of carbonyl (C=O) groups excluding carboxylic acids is 2. The number of hydrogen-bond acceptors (Lipinski definition) is 12. The lowest BCUT2D eigenvalue weighted by Gasteiger charge is -2.20. The van der Waals surface area contributed by atoms with Crippen molar-refractivity contribution in [3.63, 3.8) is 0 Å². The van der Waals surface area contributed by atoms with Gasteiger partial charge in [-0.1, -0.05) is 216 Å². The molecule has 406 valence electrons. The highest BCUT2D eigenvalue weighted by Gasteiger charge is 2.28. The van der Waals surface area contributed by atoms with Crippen LogP contribution >= 0.6 is 15.6 Å². The highest BCUT2D eigenvalue weighted by molar-refractivity contribution is 7.47. The lowest BCUT2D eigenvalue weighted by Crippen LogP contribution is -2.29. The molecule has 0 aromatic heterocycles. The van der Waals surface area contributed by atoms with Gasteiger partial charge in [-0.05, 0) is 44.4 Å². The van der Waals surface area contributed by atoms with Crippen molar-refractivity contribution in [1.29, 1.82) is 0 Å². The van der Waals surface area contributed by atoms with Crippen molar-refractivity contribution in [2.45, 2.75) is 219 Å². The summed E-state index contributed by atoms with van der Waals surface area (Å²) in [7, 11) is -9.76. The fourth-order valence-corrected chi connectivity index (χ4v) is 8.09. The number of aliphatic hydroxyl groups excluding tert-OH is 3. The third-order valence-corrected chi connectivity index (χ3v) is 12.8. The van der Waals surface area contributed by atoms with Crippen LogP contribution in [0.1, 0.15) is 194 Å². The van der Waals surface area contributed by atoms with Gasteiger partial charge in [0.15, 0.2) is 6.10 Å². The molecule has 0 aliphatic rings. The smallest absolute Gasteiger partial charge is 0.462 e. The van der Waals surface area contributed by atoms with E-state index in [-0.39, 0.29) is 12.8 Å². The molecule has 0 aromatic carbocycles. The maximum absolute atomic E-state index is 12.7. The van der Waals surface area contributed by atoms with E-state index in [9.17, 15) is 38.9 Å². The Hall–Kier alpha value is -2.52. The van der Waals surface area contributed by atoms with Gasteiger partial charge in [0, 0.05) is 12.8 Å². The molecule has 0 saturated heterocycles. The third-order valence-electron chi connectivity index (χ3n) is 11.3. The Morgan fingerprint density at radius 1 is 0.529 bits per heavy atom. The molecular formula is C53H94O15P2. The van der Waals surface area contributed by atoms with Crippen molar-refractivity contribution in [2.75, 3.05) is 26.4 Å². The number of carbonyl (C=O) groups is 2. The van der Waals surface area contributed by atoms with Gasteiger partial charge < -0.3 is 39.5 Å². The van der Waals surface area contributed by atoms with Crippen LogP contribution in [0.5, 0.6) is 0 Å². The molecular weight excluding hydrogens is 939 g/mol. The summed E-state index contributed by atoms with van der Waals surface area (Å²) in [4.78, 5) is 52.9. The summed E-state index contributed by atoms with van der Waals surface area (Å²) in [5, 5.41) is 29.8. The number of phosphoric acid groups is 2. The van der Waals surface area contributed by atoms with Crippen LogP contribution in [0, 0.1) is 5.92 Å². The molecule has 0 bridgehead atoms. The van der Waals surface area contributed by atoms with Crippen LogP contribution in [-0.4, -0.2) is 92.8 Å². The molecule has 0 rings (SSSR count). The minimum absolute atomic E-state index is 0.0517. The van der Waals surface area contributed by atoms with Crippen LogP contribution in [0.2, 0.25) is 0 Å². The number of rotatable bonds is 48. The molecule has 6 N–H and O–H groups in total. The van der Waals surface area contributed by atoms with Crippen LogP contribution in [0.15, 0.2) is 72.9 Å². The molecule has 2 unspecified atom stereocenters. The molecule has 0 spiro atoms. The van der Waals surface area contributed by atoms with E-state index in [2.05, 4.69) is 22.9 Å². The van der Waals surface area contributed by atoms with Gasteiger partial charge in [0.05, 0.1) is 32.0 Å². The quantitative estimate of drug-likeness (QED) is 0.0109. The highest BCUT2D eigenvalue weighted by Crippen LogP contribution is 2.44. The summed E-state index contributed by atoms with van der Waals surface area (Å²) in [5.74, 6) is -0.319. The predicted octanol–water partition coefficient (Wildman–Crippen LogP) is 12.3. The fraction of sp³-hybridized carbons (Fsp3) is 0.736. The zero-order valence-electron chi connectivity index (χ0n) is 43.0. The Labute approximate surface area is 421 Å². The Morgan fingerprint density at radius 2 is 1.00 bits per heavy atom. The van der Waals surface area contributed by atoms with Gasteiger partial charge in [-0.2, -0.15) is 0 Å². The van der Waals surface area contributed by atoms with E-state index in [0.717, 1.165) is 31.6 Å². The van der Waals surface area contributed by atoms with Crippen LogP contribution in [0.3, 0.4) is 0 Å². The molecule has 70 heavy (non-hydrogen) atoms. The van der Waals surface area contributed by atoms with E-state index in [1.165, 1.54) is 103 Å². The van der Waals surface area contributed by atoms with Crippen LogP contribution < -0.4 is 0 Å². The second-order valence-electron chi connectivity index (χ2n) is 18.1. The molecule has 0 amide bonds. The SMILES string of the molecule is CC/C=C\C[C@H](O)/C=C/C=C\C=C\[C@H](O)C/C=C\C/C=C\CCC(=O)O[C@H](COC(=O)CCCCCCCCCCCCCCCCCCCCC(C)CC)COP(=O)(O)OC[C@@H](O)COP(=O)(O)O. The maximum atomic E-state index is 12.7. The normalized spacial score (nSPS) is 15.7. The average molecular weight is 1030 g/mol. The number of esters is 2. The summed E-state index contributed by atoms with van der Waals surface area (Å²) in [5.41, 5.74) is 0. The number of hydrogen-bond donors (Lipinski definition) is 6. The first-order valence-electron chi connectivity index (χ1n) is 26.2. The van der Waals surface area contributed by atoms with Gasteiger partial charge in [0.25, 0.3) is 0 Å². The molecule has 6 atom stereocenters. The zero-order valence-corrected chi connectivity index (χ0v) is 44.8. The summed E-state index contributed by atoms with van der Waals surface area (Å²) in [6.07, 6.45) is 45.3. The van der Waals surface area contributed by atoms with Crippen LogP contribution in [0.4, 0.5) is 0 Å². The van der Waals surface area contributed by atoms with E-state index >= 15 is 0 Å².